The van der Waals surface area contributed by atoms with E-state index in [0.29, 0.717) is 18.8 Å². The van der Waals surface area contributed by atoms with Gasteiger partial charge in [-0.25, -0.2) is 0 Å². The van der Waals surface area contributed by atoms with Crippen molar-refractivity contribution in [3.05, 3.63) is 66.9 Å². The standard InChI is InChI=1S/C22H22N4O2/c27-20(24-19-10-4-6-17-7-5-11-23-22(17)19)16-21(28)26-14-12-25(13-15-26)18-8-2-1-3-9-18/h1-11H,12-16H2,(H,24,27). The van der Waals surface area contributed by atoms with Crippen molar-refractivity contribution >= 4 is 34.1 Å². The molecule has 4 rings (SSSR count). The summed E-state index contributed by atoms with van der Waals surface area (Å²) in [7, 11) is 0. The summed E-state index contributed by atoms with van der Waals surface area (Å²) in [6.07, 6.45) is 1.53. The number of piperazine rings is 1. The summed E-state index contributed by atoms with van der Waals surface area (Å²) in [5, 5.41) is 3.78. The summed E-state index contributed by atoms with van der Waals surface area (Å²) < 4.78 is 0. The molecule has 0 radical (unpaired) electrons. The van der Waals surface area contributed by atoms with Crippen LogP contribution in [0.1, 0.15) is 6.42 Å². The monoisotopic (exact) mass is 374 g/mol. The second-order valence-electron chi connectivity index (χ2n) is 6.81. The molecule has 3 aromatic rings. The van der Waals surface area contributed by atoms with Crippen LogP contribution < -0.4 is 10.2 Å². The number of fused-ring (bicyclic) bond motifs is 1. The van der Waals surface area contributed by atoms with Crippen molar-refractivity contribution in [1.29, 1.82) is 0 Å². The van der Waals surface area contributed by atoms with Crippen molar-refractivity contribution in [2.75, 3.05) is 36.4 Å². The Bertz CT molecular complexity index is 977. The van der Waals surface area contributed by atoms with E-state index in [-0.39, 0.29) is 18.2 Å². The fraction of sp³-hybridized carbons (Fsp3) is 0.227. The van der Waals surface area contributed by atoms with Crippen molar-refractivity contribution in [2.24, 2.45) is 0 Å². The van der Waals surface area contributed by atoms with E-state index in [1.54, 1.807) is 17.2 Å². The lowest BCUT2D eigenvalue weighted by Gasteiger charge is -2.36. The highest BCUT2D eigenvalue weighted by Gasteiger charge is 2.23. The molecule has 0 bridgehead atoms. The number of hydrogen-bond donors (Lipinski definition) is 1. The highest BCUT2D eigenvalue weighted by molar-refractivity contribution is 6.07. The maximum absolute atomic E-state index is 12.5. The Labute approximate surface area is 163 Å². The maximum atomic E-state index is 12.5. The van der Waals surface area contributed by atoms with Crippen LogP contribution in [0.4, 0.5) is 11.4 Å². The smallest absolute Gasteiger partial charge is 0.233 e. The van der Waals surface area contributed by atoms with Crippen LogP contribution in [-0.2, 0) is 9.59 Å². The molecule has 1 aromatic heterocycles. The molecule has 6 nitrogen and oxygen atoms in total. The number of carbonyl (C=O) groups excluding carboxylic acids is 2. The van der Waals surface area contributed by atoms with E-state index in [9.17, 15) is 9.59 Å². The van der Waals surface area contributed by atoms with Gasteiger partial charge >= 0.3 is 0 Å². The zero-order chi connectivity index (χ0) is 19.3. The van der Waals surface area contributed by atoms with E-state index in [0.717, 1.165) is 29.7 Å². The highest BCUT2D eigenvalue weighted by Crippen LogP contribution is 2.21. The lowest BCUT2D eigenvalue weighted by atomic mass is 10.2. The second kappa shape index (κ2) is 8.08. The number of para-hydroxylation sites is 2. The van der Waals surface area contributed by atoms with Crippen molar-refractivity contribution in [3.63, 3.8) is 0 Å². The second-order valence-corrected chi connectivity index (χ2v) is 6.81. The van der Waals surface area contributed by atoms with Crippen molar-refractivity contribution < 1.29 is 9.59 Å². The van der Waals surface area contributed by atoms with E-state index in [1.807, 2.05) is 42.5 Å². The predicted molar refractivity (Wildman–Crippen MR) is 110 cm³/mol. The van der Waals surface area contributed by atoms with Gasteiger partial charge in [-0.05, 0) is 24.3 Å². The van der Waals surface area contributed by atoms with Crippen LogP contribution in [-0.4, -0.2) is 47.9 Å². The highest BCUT2D eigenvalue weighted by atomic mass is 16.2. The molecule has 0 aliphatic carbocycles. The normalized spacial score (nSPS) is 14.1. The quantitative estimate of drug-likeness (QED) is 0.713. The third-order valence-corrected chi connectivity index (χ3v) is 4.97. The van der Waals surface area contributed by atoms with Crippen LogP contribution in [0, 0.1) is 0 Å². The number of anilines is 2. The Balaban J connectivity index is 1.33. The number of rotatable bonds is 4. The Kier molecular flexibility index (Phi) is 5.19. The van der Waals surface area contributed by atoms with Crippen molar-refractivity contribution in [1.82, 2.24) is 9.88 Å². The SMILES string of the molecule is O=C(CC(=O)N1CCN(c2ccccc2)CC1)Nc1cccc2cccnc12. The third kappa shape index (κ3) is 3.96. The van der Waals surface area contributed by atoms with Gasteiger partial charge in [0.2, 0.25) is 11.8 Å². The molecule has 1 aliphatic heterocycles. The predicted octanol–water partition coefficient (Wildman–Crippen LogP) is 2.91. The van der Waals surface area contributed by atoms with E-state index in [1.165, 1.54) is 0 Å². The number of nitrogens with zero attached hydrogens (tertiary/aromatic N) is 3. The molecule has 0 spiro atoms. The van der Waals surface area contributed by atoms with Gasteiger partial charge in [-0.1, -0.05) is 36.4 Å². The van der Waals surface area contributed by atoms with Gasteiger partial charge < -0.3 is 15.1 Å². The average Bonchev–Trinajstić information content (AvgIpc) is 2.75. The Morgan fingerprint density at radius 3 is 2.43 bits per heavy atom. The molecule has 0 saturated carbocycles. The molecule has 2 heterocycles. The minimum absolute atomic E-state index is 0.140. The fourth-order valence-electron chi connectivity index (χ4n) is 3.50. The summed E-state index contributed by atoms with van der Waals surface area (Å²) in [6, 6.07) is 19.6. The van der Waals surface area contributed by atoms with Gasteiger partial charge in [0.25, 0.3) is 0 Å². The van der Waals surface area contributed by atoms with E-state index in [4.69, 9.17) is 0 Å². The first-order valence-corrected chi connectivity index (χ1v) is 9.42. The van der Waals surface area contributed by atoms with Crippen LogP contribution in [0.25, 0.3) is 10.9 Å². The van der Waals surface area contributed by atoms with Gasteiger partial charge in [0.1, 0.15) is 6.42 Å². The molecule has 0 atom stereocenters. The van der Waals surface area contributed by atoms with Crippen LogP contribution in [0.5, 0.6) is 0 Å². The number of benzene rings is 2. The number of aromatic nitrogens is 1. The van der Waals surface area contributed by atoms with Gasteiger partial charge in [-0.2, -0.15) is 0 Å². The molecule has 142 valence electrons. The molecule has 0 unspecified atom stereocenters. The first kappa shape index (κ1) is 18.0. The number of pyridine rings is 1. The molecule has 2 amide bonds. The summed E-state index contributed by atoms with van der Waals surface area (Å²) in [6.45, 7) is 2.78. The summed E-state index contributed by atoms with van der Waals surface area (Å²) in [5.74, 6) is -0.452. The van der Waals surface area contributed by atoms with E-state index >= 15 is 0 Å². The summed E-state index contributed by atoms with van der Waals surface area (Å²) in [5.41, 5.74) is 2.52. The number of hydrogen-bond acceptors (Lipinski definition) is 4. The number of amides is 2. The number of carbonyl (C=O) groups is 2. The van der Waals surface area contributed by atoms with E-state index in [2.05, 4.69) is 27.3 Å². The first-order chi connectivity index (χ1) is 13.7. The van der Waals surface area contributed by atoms with Gasteiger partial charge in [-0.15, -0.1) is 0 Å². The molecule has 1 N–H and O–H groups in total. The molecule has 2 aromatic carbocycles. The average molecular weight is 374 g/mol. The van der Waals surface area contributed by atoms with E-state index < -0.39 is 0 Å². The van der Waals surface area contributed by atoms with Crippen LogP contribution in [0.2, 0.25) is 0 Å². The Hall–Kier alpha value is -3.41. The summed E-state index contributed by atoms with van der Waals surface area (Å²) in [4.78, 5) is 33.3. The molecular formula is C22H22N4O2. The van der Waals surface area contributed by atoms with Gasteiger partial charge in [0.05, 0.1) is 11.2 Å². The molecule has 1 saturated heterocycles. The molecule has 6 heteroatoms. The third-order valence-electron chi connectivity index (χ3n) is 4.97. The van der Waals surface area contributed by atoms with Crippen LogP contribution in [0.3, 0.4) is 0 Å². The minimum atomic E-state index is -0.311. The van der Waals surface area contributed by atoms with Crippen LogP contribution >= 0.6 is 0 Å². The van der Waals surface area contributed by atoms with Gasteiger partial charge in [0, 0.05) is 43.4 Å². The summed E-state index contributed by atoms with van der Waals surface area (Å²) >= 11 is 0. The van der Waals surface area contributed by atoms with Gasteiger partial charge in [-0.3, -0.25) is 14.6 Å². The lowest BCUT2D eigenvalue weighted by molar-refractivity contribution is -0.134. The lowest BCUT2D eigenvalue weighted by Crippen LogP contribution is -2.49. The maximum Gasteiger partial charge on any atom is 0.233 e. The first-order valence-electron chi connectivity index (χ1n) is 9.42. The Morgan fingerprint density at radius 1 is 0.893 bits per heavy atom. The minimum Gasteiger partial charge on any atom is -0.368 e. The zero-order valence-electron chi connectivity index (χ0n) is 15.5. The zero-order valence-corrected chi connectivity index (χ0v) is 15.5. The molecule has 1 aliphatic rings. The topological polar surface area (TPSA) is 65.5 Å². The van der Waals surface area contributed by atoms with Crippen molar-refractivity contribution in [3.8, 4) is 0 Å². The Morgan fingerprint density at radius 2 is 1.64 bits per heavy atom. The molecular weight excluding hydrogens is 352 g/mol. The van der Waals surface area contributed by atoms with Crippen LogP contribution in [0.15, 0.2) is 66.9 Å². The number of nitrogens with one attached hydrogen (secondary N) is 1. The van der Waals surface area contributed by atoms with Gasteiger partial charge in [0.15, 0.2) is 0 Å². The fourth-order valence-corrected chi connectivity index (χ4v) is 3.50. The molecule has 1 fully saturated rings. The molecule has 28 heavy (non-hydrogen) atoms. The largest absolute Gasteiger partial charge is 0.368 e. The van der Waals surface area contributed by atoms with Crippen molar-refractivity contribution in [2.45, 2.75) is 6.42 Å².